The van der Waals surface area contributed by atoms with E-state index in [0.29, 0.717) is 19.4 Å². The molecule has 1 aliphatic heterocycles. The summed E-state index contributed by atoms with van der Waals surface area (Å²) in [7, 11) is 0. The summed E-state index contributed by atoms with van der Waals surface area (Å²) in [6.45, 7) is 0.705. The lowest BCUT2D eigenvalue weighted by Crippen LogP contribution is -2.27. The van der Waals surface area contributed by atoms with Crippen LogP contribution in [0.15, 0.2) is 0 Å². The lowest BCUT2D eigenvalue weighted by Gasteiger charge is -2.15. The van der Waals surface area contributed by atoms with Gasteiger partial charge in [0, 0.05) is 25.9 Å². The molecule has 16 heavy (non-hydrogen) atoms. The maximum atomic E-state index is 11.4. The molecule has 0 radical (unpaired) electrons. The number of carboxylic acid groups (broad SMARTS) is 2. The minimum Gasteiger partial charge on any atom is -0.481 e. The van der Waals surface area contributed by atoms with Gasteiger partial charge in [0.25, 0.3) is 0 Å². The molecule has 0 aromatic heterocycles. The third kappa shape index (κ3) is 3.52. The fourth-order valence-corrected chi connectivity index (χ4v) is 1.73. The van der Waals surface area contributed by atoms with E-state index in [0.717, 1.165) is 0 Å². The molecule has 0 aromatic rings. The number of hydrogen-bond acceptors (Lipinski definition) is 3. The summed E-state index contributed by atoms with van der Waals surface area (Å²) >= 11 is 0. The summed E-state index contributed by atoms with van der Waals surface area (Å²) in [5.74, 6) is -2.55. The van der Waals surface area contributed by atoms with Crippen molar-refractivity contribution in [3.8, 4) is 0 Å². The van der Waals surface area contributed by atoms with Crippen molar-refractivity contribution in [1.82, 2.24) is 4.90 Å². The first kappa shape index (κ1) is 12.5. The van der Waals surface area contributed by atoms with Crippen LogP contribution in [0.1, 0.15) is 25.7 Å². The Morgan fingerprint density at radius 3 is 2.50 bits per heavy atom. The maximum Gasteiger partial charge on any atom is 0.308 e. The molecule has 1 heterocycles. The van der Waals surface area contributed by atoms with Crippen molar-refractivity contribution >= 4 is 17.8 Å². The van der Waals surface area contributed by atoms with Gasteiger partial charge in [0.15, 0.2) is 0 Å². The fraction of sp³-hybridized carbons (Fsp3) is 0.700. The molecular formula is C10H15NO5. The standard InChI is InChI=1S/C10H15NO5/c12-8-5-7(10(15)16)6-11(8)4-2-1-3-9(13)14/h7H,1-6H2,(H,13,14)(H,15,16). The molecule has 1 aliphatic rings. The van der Waals surface area contributed by atoms with Gasteiger partial charge in [-0.2, -0.15) is 0 Å². The zero-order chi connectivity index (χ0) is 12.1. The first-order valence-corrected chi connectivity index (χ1v) is 5.23. The van der Waals surface area contributed by atoms with Crippen LogP contribution < -0.4 is 0 Å². The summed E-state index contributed by atoms with van der Waals surface area (Å²) in [4.78, 5) is 33.8. The van der Waals surface area contributed by atoms with Crippen molar-refractivity contribution in [2.24, 2.45) is 5.92 Å². The van der Waals surface area contributed by atoms with E-state index in [1.807, 2.05) is 0 Å². The first-order valence-electron chi connectivity index (χ1n) is 5.23. The van der Waals surface area contributed by atoms with Crippen molar-refractivity contribution < 1.29 is 24.6 Å². The number of amides is 1. The van der Waals surface area contributed by atoms with E-state index in [4.69, 9.17) is 10.2 Å². The van der Waals surface area contributed by atoms with Gasteiger partial charge in [0.2, 0.25) is 5.91 Å². The molecule has 6 heteroatoms. The van der Waals surface area contributed by atoms with E-state index >= 15 is 0 Å². The molecule has 0 bridgehead atoms. The Morgan fingerprint density at radius 2 is 2.00 bits per heavy atom. The van der Waals surface area contributed by atoms with Crippen LogP contribution in [0.3, 0.4) is 0 Å². The number of aliphatic carboxylic acids is 2. The van der Waals surface area contributed by atoms with Crippen LogP contribution >= 0.6 is 0 Å². The van der Waals surface area contributed by atoms with E-state index in [2.05, 4.69) is 0 Å². The highest BCUT2D eigenvalue weighted by Crippen LogP contribution is 2.18. The van der Waals surface area contributed by atoms with Crippen LogP contribution in [0.5, 0.6) is 0 Å². The molecule has 1 unspecified atom stereocenters. The van der Waals surface area contributed by atoms with Gasteiger partial charge in [-0.25, -0.2) is 0 Å². The van der Waals surface area contributed by atoms with Crippen LogP contribution in [0.4, 0.5) is 0 Å². The minimum atomic E-state index is -0.943. The van der Waals surface area contributed by atoms with Crippen LogP contribution in [-0.2, 0) is 14.4 Å². The molecule has 2 N–H and O–H groups in total. The number of likely N-dealkylation sites (tertiary alicyclic amines) is 1. The van der Waals surface area contributed by atoms with E-state index in [-0.39, 0.29) is 25.3 Å². The van der Waals surface area contributed by atoms with Crippen LogP contribution in [-0.4, -0.2) is 46.0 Å². The highest BCUT2D eigenvalue weighted by molar-refractivity contribution is 5.86. The van der Waals surface area contributed by atoms with Crippen LogP contribution in [0.25, 0.3) is 0 Å². The highest BCUT2D eigenvalue weighted by atomic mass is 16.4. The minimum absolute atomic E-state index is 0.0638. The van der Waals surface area contributed by atoms with Crippen molar-refractivity contribution in [3.63, 3.8) is 0 Å². The molecule has 1 atom stereocenters. The number of carbonyl (C=O) groups excluding carboxylic acids is 1. The average Bonchev–Trinajstić information content (AvgIpc) is 2.55. The monoisotopic (exact) mass is 229 g/mol. The third-order valence-corrected chi connectivity index (χ3v) is 2.63. The molecule has 0 saturated carbocycles. The Labute approximate surface area is 92.9 Å². The zero-order valence-corrected chi connectivity index (χ0v) is 8.89. The van der Waals surface area contributed by atoms with Crippen LogP contribution in [0.2, 0.25) is 0 Å². The number of carboxylic acids is 2. The van der Waals surface area contributed by atoms with Crippen molar-refractivity contribution in [2.45, 2.75) is 25.7 Å². The molecule has 0 aromatic carbocycles. The Hall–Kier alpha value is -1.59. The maximum absolute atomic E-state index is 11.4. The van der Waals surface area contributed by atoms with E-state index in [1.165, 1.54) is 4.90 Å². The van der Waals surface area contributed by atoms with Gasteiger partial charge < -0.3 is 15.1 Å². The van der Waals surface area contributed by atoms with Gasteiger partial charge >= 0.3 is 11.9 Å². The quantitative estimate of drug-likeness (QED) is 0.633. The normalized spacial score (nSPS) is 20.1. The lowest BCUT2D eigenvalue weighted by molar-refractivity contribution is -0.141. The second kappa shape index (κ2) is 5.48. The molecule has 1 amide bonds. The third-order valence-electron chi connectivity index (χ3n) is 2.63. The fourth-order valence-electron chi connectivity index (χ4n) is 1.73. The Morgan fingerprint density at radius 1 is 1.31 bits per heavy atom. The van der Waals surface area contributed by atoms with Gasteiger partial charge in [-0.05, 0) is 12.8 Å². The topological polar surface area (TPSA) is 94.9 Å². The second-order valence-corrected chi connectivity index (χ2v) is 3.93. The molecular weight excluding hydrogens is 214 g/mol. The highest BCUT2D eigenvalue weighted by Gasteiger charge is 2.33. The van der Waals surface area contributed by atoms with Gasteiger partial charge in [0.05, 0.1) is 5.92 Å². The number of unbranched alkanes of at least 4 members (excludes halogenated alkanes) is 1. The van der Waals surface area contributed by atoms with E-state index < -0.39 is 17.9 Å². The Kier molecular flexibility index (Phi) is 4.28. The second-order valence-electron chi connectivity index (χ2n) is 3.93. The summed E-state index contributed by atoms with van der Waals surface area (Å²) in [6.07, 6.45) is 1.26. The van der Waals surface area contributed by atoms with Crippen molar-refractivity contribution in [3.05, 3.63) is 0 Å². The lowest BCUT2D eigenvalue weighted by atomic mass is 10.1. The van der Waals surface area contributed by atoms with Crippen LogP contribution in [0, 0.1) is 5.92 Å². The van der Waals surface area contributed by atoms with Gasteiger partial charge in [-0.1, -0.05) is 0 Å². The summed E-state index contributed by atoms with van der Waals surface area (Å²) in [6, 6.07) is 0. The largest absolute Gasteiger partial charge is 0.481 e. The molecule has 1 saturated heterocycles. The van der Waals surface area contributed by atoms with Crippen molar-refractivity contribution in [1.29, 1.82) is 0 Å². The molecule has 1 rings (SSSR count). The number of hydrogen-bond donors (Lipinski definition) is 2. The molecule has 0 spiro atoms. The predicted octanol–water partition coefficient (Wildman–Crippen LogP) is 0.174. The first-order chi connectivity index (χ1) is 7.50. The number of nitrogens with zero attached hydrogens (tertiary/aromatic N) is 1. The summed E-state index contributed by atoms with van der Waals surface area (Å²) in [5, 5.41) is 17.2. The summed E-state index contributed by atoms with van der Waals surface area (Å²) in [5.41, 5.74) is 0. The smallest absolute Gasteiger partial charge is 0.308 e. The molecule has 90 valence electrons. The van der Waals surface area contributed by atoms with E-state index in [1.54, 1.807) is 0 Å². The Balaban J connectivity index is 2.25. The molecule has 1 fully saturated rings. The van der Waals surface area contributed by atoms with Gasteiger partial charge in [0.1, 0.15) is 0 Å². The van der Waals surface area contributed by atoms with E-state index in [9.17, 15) is 14.4 Å². The average molecular weight is 229 g/mol. The molecule has 0 aliphatic carbocycles. The van der Waals surface area contributed by atoms with Crippen molar-refractivity contribution in [2.75, 3.05) is 13.1 Å². The van der Waals surface area contributed by atoms with Gasteiger partial charge in [-0.15, -0.1) is 0 Å². The zero-order valence-electron chi connectivity index (χ0n) is 8.89. The summed E-state index contributed by atoms with van der Waals surface area (Å²) < 4.78 is 0. The molecule has 6 nitrogen and oxygen atoms in total. The number of rotatable bonds is 6. The number of carbonyl (C=O) groups is 3. The Bertz CT molecular complexity index is 302. The van der Waals surface area contributed by atoms with Gasteiger partial charge in [-0.3, -0.25) is 14.4 Å². The predicted molar refractivity (Wildman–Crippen MR) is 53.8 cm³/mol. The SMILES string of the molecule is O=C(O)CCCCN1CC(C(=O)O)CC1=O.